The largest absolute Gasteiger partial charge is 0.497 e. The Bertz CT molecular complexity index is 922. The number of aromatic amines is 1. The van der Waals surface area contributed by atoms with Crippen molar-refractivity contribution in [2.24, 2.45) is 0 Å². The molecule has 0 saturated heterocycles. The maximum absolute atomic E-state index is 12.2. The molecule has 1 aliphatic heterocycles. The number of para-hydroxylation sites is 1. The van der Waals surface area contributed by atoms with E-state index in [1.54, 1.807) is 7.11 Å². The van der Waals surface area contributed by atoms with Crippen molar-refractivity contribution >= 4 is 34.1 Å². The van der Waals surface area contributed by atoms with Crippen molar-refractivity contribution < 1.29 is 9.53 Å². The fourth-order valence-corrected chi connectivity index (χ4v) is 2.81. The zero-order valence-electron chi connectivity index (χ0n) is 12.0. The Morgan fingerprint density at radius 1 is 1.14 bits per heavy atom. The number of carbonyl (C=O) groups is 1. The third-order valence-electron chi connectivity index (χ3n) is 3.93. The van der Waals surface area contributed by atoms with Gasteiger partial charge in [0.05, 0.1) is 7.11 Å². The maximum Gasteiger partial charge on any atom is 0.256 e. The first-order chi connectivity index (χ1) is 10.8. The summed E-state index contributed by atoms with van der Waals surface area (Å²) in [5, 5.41) is 3.95. The summed E-state index contributed by atoms with van der Waals surface area (Å²) < 4.78 is 5.23. The molecule has 4 heteroatoms. The van der Waals surface area contributed by atoms with E-state index < -0.39 is 0 Å². The number of benzene rings is 2. The lowest BCUT2D eigenvalue weighted by molar-refractivity contribution is -0.110. The minimum atomic E-state index is -0.0657. The van der Waals surface area contributed by atoms with Gasteiger partial charge in [-0.3, -0.25) is 4.79 Å². The summed E-state index contributed by atoms with van der Waals surface area (Å²) in [5.41, 5.74) is 4.46. The zero-order valence-corrected chi connectivity index (χ0v) is 12.0. The van der Waals surface area contributed by atoms with Crippen LogP contribution >= 0.6 is 0 Å². The number of carbonyl (C=O) groups excluding carboxylic acids is 1. The minimum absolute atomic E-state index is 0.0657. The normalized spacial score (nSPS) is 15.1. The van der Waals surface area contributed by atoms with Gasteiger partial charge in [0.2, 0.25) is 0 Å². The SMILES string of the molecule is COc1ccc2c(/C=C3/C(=O)Nc4ccccc43)c[nH]c2c1. The van der Waals surface area contributed by atoms with E-state index >= 15 is 0 Å². The van der Waals surface area contributed by atoms with Crippen molar-refractivity contribution in [3.63, 3.8) is 0 Å². The van der Waals surface area contributed by atoms with Crippen molar-refractivity contribution in [2.45, 2.75) is 0 Å². The average molecular weight is 290 g/mol. The van der Waals surface area contributed by atoms with E-state index in [4.69, 9.17) is 4.74 Å². The number of nitrogens with one attached hydrogen (secondary N) is 2. The topological polar surface area (TPSA) is 54.1 Å². The molecule has 1 amide bonds. The highest BCUT2D eigenvalue weighted by Crippen LogP contribution is 2.34. The van der Waals surface area contributed by atoms with E-state index in [0.717, 1.165) is 33.5 Å². The molecule has 1 aliphatic rings. The average Bonchev–Trinajstić information content (AvgIpc) is 3.09. The van der Waals surface area contributed by atoms with E-state index in [9.17, 15) is 4.79 Å². The molecule has 0 fully saturated rings. The highest BCUT2D eigenvalue weighted by atomic mass is 16.5. The molecule has 2 aromatic carbocycles. The number of amides is 1. The van der Waals surface area contributed by atoms with Gasteiger partial charge in [-0.1, -0.05) is 18.2 Å². The third-order valence-corrected chi connectivity index (χ3v) is 3.93. The van der Waals surface area contributed by atoms with E-state index in [1.165, 1.54) is 0 Å². The molecule has 0 saturated carbocycles. The Morgan fingerprint density at radius 3 is 2.86 bits per heavy atom. The van der Waals surface area contributed by atoms with E-state index in [1.807, 2.05) is 54.7 Å². The van der Waals surface area contributed by atoms with Gasteiger partial charge >= 0.3 is 0 Å². The van der Waals surface area contributed by atoms with Gasteiger partial charge in [0.15, 0.2) is 0 Å². The zero-order chi connectivity index (χ0) is 15.1. The van der Waals surface area contributed by atoms with Gasteiger partial charge in [-0.05, 0) is 24.3 Å². The number of hydrogen-bond donors (Lipinski definition) is 2. The Balaban J connectivity index is 1.85. The molecule has 108 valence electrons. The van der Waals surface area contributed by atoms with Gasteiger partial charge < -0.3 is 15.0 Å². The van der Waals surface area contributed by atoms with E-state index in [2.05, 4.69) is 10.3 Å². The van der Waals surface area contributed by atoms with Gasteiger partial charge in [-0.15, -0.1) is 0 Å². The van der Waals surface area contributed by atoms with Crippen molar-refractivity contribution in [1.82, 2.24) is 4.98 Å². The van der Waals surface area contributed by atoms with Gasteiger partial charge in [-0.25, -0.2) is 0 Å². The first-order valence-electron chi connectivity index (χ1n) is 7.04. The summed E-state index contributed by atoms with van der Waals surface area (Å²) in [6, 6.07) is 13.6. The van der Waals surface area contributed by atoms with E-state index in [0.29, 0.717) is 5.57 Å². The molecule has 0 radical (unpaired) electrons. The first-order valence-corrected chi connectivity index (χ1v) is 7.04. The Morgan fingerprint density at radius 2 is 2.00 bits per heavy atom. The number of ether oxygens (including phenoxy) is 1. The van der Waals surface area contributed by atoms with Gasteiger partial charge in [0, 0.05) is 45.6 Å². The molecule has 4 nitrogen and oxygen atoms in total. The fraction of sp³-hybridized carbons (Fsp3) is 0.0556. The molecular weight excluding hydrogens is 276 g/mol. The number of anilines is 1. The fourth-order valence-electron chi connectivity index (χ4n) is 2.81. The van der Waals surface area contributed by atoms with Gasteiger partial charge in [0.25, 0.3) is 5.91 Å². The van der Waals surface area contributed by atoms with Crippen LogP contribution in [0.2, 0.25) is 0 Å². The summed E-state index contributed by atoms with van der Waals surface area (Å²) >= 11 is 0. The van der Waals surface area contributed by atoms with Crippen LogP contribution in [0.25, 0.3) is 22.6 Å². The molecule has 2 N–H and O–H groups in total. The number of rotatable bonds is 2. The number of H-pyrrole nitrogens is 1. The number of methoxy groups -OCH3 is 1. The number of fused-ring (bicyclic) bond motifs is 2. The van der Waals surface area contributed by atoms with E-state index in [-0.39, 0.29) is 5.91 Å². The maximum atomic E-state index is 12.2. The summed E-state index contributed by atoms with van der Waals surface area (Å²) in [6.07, 6.45) is 3.83. The molecular formula is C18H14N2O2. The second-order valence-electron chi connectivity index (χ2n) is 5.21. The standard InChI is InChI=1S/C18H14N2O2/c1-22-12-6-7-13-11(10-19-17(13)9-12)8-15-14-4-2-3-5-16(14)20-18(15)21/h2-10,19H,1H3,(H,20,21)/b15-8+. The quantitative estimate of drug-likeness (QED) is 0.707. The lowest BCUT2D eigenvalue weighted by Crippen LogP contribution is -2.03. The summed E-state index contributed by atoms with van der Waals surface area (Å²) in [7, 11) is 1.65. The Kier molecular flexibility index (Phi) is 2.76. The molecule has 0 aliphatic carbocycles. The van der Waals surface area contributed by atoms with Crippen LogP contribution in [0.1, 0.15) is 11.1 Å². The molecule has 0 bridgehead atoms. The smallest absolute Gasteiger partial charge is 0.256 e. The van der Waals surface area contributed by atoms with Crippen LogP contribution in [0.15, 0.2) is 48.7 Å². The van der Waals surface area contributed by atoms with Crippen LogP contribution in [0, 0.1) is 0 Å². The molecule has 22 heavy (non-hydrogen) atoms. The van der Waals surface area contributed by atoms with Crippen LogP contribution in [-0.2, 0) is 4.79 Å². The second-order valence-corrected chi connectivity index (χ2v) is 5.21. The molecule has 2 heterocycles. The van der Waals surface area contributed by atoms with Gasteiger partial charge in [-0.2, -0.15) is 0 Å². The summed E-state index contributed by atoms with van der Waals surface area (Å²) in [5.74, 6) is 0.738. The molecule has 1 aromatic heterocycles. The van der Waals surface area contributed by atoms with Crippen LogP contribution in [-0.4, -0.2) is 18.0 Å². The highest BCUT2D eigenvalue weighted by molar-refractivity contribution is 6.35. The second kappa shape index (κ2) is 4.77. The molecule has 0 unspecified atom stereocenters. The minimum Gasteiger partial charge on any atom is -0.497 e. The first kappa shape index (κ1) is 12.7. The molecule has 0 atom stereocenters. The predicted octanol–water partition coefficient (Wildman–Crippen LogP) is 3.67. The third kappa shape index (κ3) is 1.89. The number of hydrogen-bond acceptors (Lipinski definition) is 2. The van der Waals surface area contributed by atoms with Crippen LogP contribution in [0.5, 0.6) is 5.75 Å². The lowest BCUT2D eigenvalue weighted by Gasteiger charge is -2.00. The monoisotopic (exact) mass is 290 g/mol. The van der Waals surface area contributed by atoms with Crippen LogP contribution in [0.4, 0.5) is 5.69 Å². The number of aromatic nitrogens is 1. The summed E-state index contributed by atoms with van der Waals surface area (Å²) in [6.45, 7) is 0. The highest BCUT2D eigenvalue weighted by Gasteiger charge is 2.23. The molecule has 3 aromatic rings. The van der Waals surface area contributed by atoms with Crippen molar-refractivity contribution in [3.05, 3.63) is 59.8 Å². The van der Waals surface area contributed by atoms with Crippen LogP contribution < -0.4 is 10.1 Å². The van der Waals surface area contributed by atoms with Crippen molar-refractivity contribution in [1.29, 1.82) is 0 Å². The molecule has 4 rings (SSSR count). The van der Waals surface area contributed by atoms with Gasteiger partial charge in [0.1, 0.15) is 5.75 Å². The van der Waals surface area contributed by atoms with Crippen molar-refractivity contribution in [2.75, 3.05) is 12.4 Å². The van der Waals surface area contributed by atoms with Crippen molar-refractivity contribution in [3.8, 4) is 5.75 Å². The van der Waals surface area contributed by atoms with Crippen LogP contribution in [0.3, 0.4) is 0 Å². The predicted molar refractivity (Wildman–Crippen MR) is 87.8 cm³/mol. The Hall–Kier alpha value is -3.01. The summed E-state index contributed by atoms with van der Waals surface area (Å²) in [4.78, 5) is 15.4. The lowest BCUT2D eigenvalue weighted by atomic mass is 10.0. The Labute approximate surface area is 127 Å². The molecule has 0 spiro atoms.